The zero-order valence-electron chi connectivity index (χ0n) is 16.5. The van der Waals surface area contributed by atoms with Crippen LogP contribution in [0.25, 0.3) is 0 Å². The molecule has 6 N–H and O–H groups in total. The van der Waals surface area contributed by atoms with E-state index < -0.39 is 24.1 Å². The molecule has 156 valence electrons. The van der Waals surface area contributed by atoms with Crippen LogP contribution in [0.2, 0.25) is 0 Å². The highest BCUT2D eigenvalue weighted by Gasteiger charge is 2.20. The summed E-state index contributed by atoms with van der Waals surface area (Å²) in [6.07, 6.45) is 0.520. The van der Waals surface area contributed by atoms with Crippen molar-refractivity contribution in [2.45, 2.75) is 46.2 Å². The van der Waals surface area contributed by atoms with Gasteiger partial charge in [-0.1, -0.05) is 6.92 Å². The molecule has 12 nitrogen and oxygen atoms in total. The third-order valence-electron chi connectivity index (χ3n) is 3.92. The van der Waals surface area contributed by atoms with E-state index in [0.29, 0.717) is 17.8 Å². The van der Waals surface area contributed by atoms with Crippen LogP contribution in [-0.2, 0) is 0 Å². The third kappa shape index (κ3) is 6.75. The molecule has 0 aliphatic carbocycles. The summed E-state index contributed by atoms with van der Waals surface area (Å²) in [6, 6.07) is 0.575. The fourth-order valence-corrected chi connectivity index (χ4v) is 2.62. The topological polar surface area (TPSA) is 174 Å². The number of carbonyl (C=O) groups is 2. The first-order valence-electron chi connectivity index (χ1n) is 8.97. The fraction of sp³-hybridized carbons (Fsp3) is 0.412. The van der Waals surface area contributed by atoms with Gasteiger partial charge in [-0.25, -0.2) is 19.6 Å². The first kappa shape index (κ1) is 21.6. The van der Waals surface area contributed by atoms with Crippen LogP contribution < -0.4 is 32.4 Å². The normalized spacial score (nSPS) is 12.6. The summed E-state index contributed by atoms with van der Waals surface area (Å²) in [5.74, 6) is 0.0445. The molecular weight excluding hydrogens is 380 g/mol. The van der Waals surface area contributed by atoms with Crippen LogP contribution in [0.4, 0.5) is 21.5 Å². The van der Waals surface area contributed by atoms with E-state index in [4.69, 9.17) is 0 Å². The second kappa shape index (κ2) is 9.48. The van der Waals surface area contributed by atoms with E-state index in [1.54, 1.807) is 20.8 Å². The van der Waals surface area contributed by atoms with Gasteiger partial charge < -0.3 is 10.6 Å². The molecule has 2 aromatic heterocycles. The quantitative estimate of drug-likeness (QED) is 0.410. The van der Waals surface area contributed by atoms with Gasteiger partial charge >= 0.3 is 12.1 Å². The van der Waals surface area contributed by atoms with E-state index in [9.17, 15) is 19.2 Å². The van der Waals surface area contributed by atoms with E-state index in [1.807, 2.05) is 6.92 Å². The van der Waals surface area contributed by atoms with Gasteiger partial charge in [-0.05, 0) is 27.2 Å². The number of amides is 4. The van der Waals surface area contributed by atoms with Crippen molar-refractivity contribution in [1.29, 1.82) is 0 Å². The van der Waals surface area contributed by atoms with Gasteiger partial charge in [-0.2, -0.15) is 0 Å². The Hall–Kier alpha value is -3.70. The lowest BCUT2D eigenvalue weighted by atomic mass is 10.1. The minimum atomic E-state index is -0.586. The van der Waals surface area contributed by atoms with Gasteiger partial charge in [0.15, 0.2) is 0 Å². The van der Waals surface area contributed by atoms with Crippen LogP contribution in [0.1, 0.15) is 31.7 Å². The van der Waals surface area contributed by atoms with Crippen molar-refractivity contribution in [3.05, 3.63) is 44.2 Å². The van der Waals surface area contributed by atoms with Crippen molar-refractivity contribution in [1.82, 2.24) is 30.6 Å². The van der Waals surface area contributed by atoms with Crippen LogP contribution in [0.3, 0.4) is 0 Å². The molecule has 0 spiro atoms. The molecule has 2 unspecified atom stereocenters. The number of carbonyl (C=O) groups excluding carboxylic acids is 2. The van der Waals surface area contributed by atoms with Crippen LogP contribution >= 0.6 is 0 Å². The number of aromatic amines is 2. The Balaban J connectivity index is 1.93. The van der Waals surface area contributed by atoms with Crippen molar-refractivity contribution < 1.29 is 9.59 Å². The molecule has 0 bridgehead atoms. The lowest BCUT2D eigenvalue weighted by Crippen LogP contribution is -2.52. The molecule has 0 saturated carbocycles. The number of anilines is 2. The highest BCUT2D eigenvalue weighted by atomic mass is 16.2. The number of nitrogens with one attached hydrogen (secondary N) is 6. The lowest BCUT2D eigenvalue weighted by molar-refractivity contribution is 0.237. The van der Waals surface area contributed by atoms with E-state index >= 15 is 0 Å². The van der Waals surface area contributed by atoms with Gasteiger partial charge in [0.1, 0.15) is 0 Å². The van der Waals surface area contributed by atoms with E-state index in [1.165, 1.54) is 12.1 Å². The Morgan fingerprint density at radius 1 is 0.931 bits per heavy atom. The van der Waals surface area contributed by atoms with Crippen molar-refractivity contribution in [2.24, 2.45) is 0 Å². The van der Waals surface area contributed by atoms with E-state index in [0.717, 1.165) is 0 Å². The zero-order valence-corrected chi connectivity index (χ0v) is 16.5. The third-order valence-corrected chi connectivity index (χ3v) is 3.92. The second-order valence-electron chi connectivity index (χ2n) is 6.47. The Bertz CT molecular complexity index is 999. The monoisotopic (exact) mass is 404 g/mol. The number of urea groups is 2. The van der Waals surface area contributed by atoms with E-state index in [-0.39, 0.29) is 23.0 Å². The molecule has 0 radical (unpaired) electrons. The standard InChI is InChI=1S/C17H24N8O4/c1-5-11(21-17(29)25-15-19-9(3)7-13(27)23-15)10(4)20-16(28)24-14-18-8(2)6-12(26)22-14/h6-7,10-11H,5H2,1-4H3,(H3,18,20,22,24,26,28)(H3,19,21,23,25,27,29). The molecule has 0 aromatic carbocycles. The summed E-state index contributed by atoms with van der Waals surface area (Å²) < 4.78 is 0. The number of aromatic nitrogens is 4. The average molecular weight is 404 g/mol. The number of hydrogen-bond acceptors (Lipinski definition) is 6. The molecule has 0 aliphatic rings. The predicted octanol–water partition coefficient (Wildman–Crippen LogP) is 0.580. The molecule has 2 heterocycles. The highest BCUT2D eigenvalue weighted by Crippen LogP contribution is 2.02. The molecule has 0 saturated heterocycles. The van der Waals surface area contributed by atoms with Crippen LogP contribution in [0, 0.1) is 13.8 Å². The SMILES string of the molecule is CCC(NC(=O)Nc1nc(C)cc(=O)[nH]1)C(C)NC(=O)Nc1nc(C)cc(=O)[nH]1. The number of aryl methyl sites for hydroxylation is 2. The molecule has 29 heavy (non-hydrogen) atoms. The molecule has 2 rings (SSSR count). The average Bonchev–Trinajstić information content (AvgIpc) is 2.57. The largest absolute Gasteiger partial charge is 0.333 e. The molecule has 4 amide bonds. The summed E-state index contributed by atoms with van der Waals surface area (Å²) in [7, 11) is 0. The van der Waals surface area contributed by atoms with Crippen molar-refractivity contribution in [3.63, 3.8) is 0 Å². The Morgan fingerprint density at radius 2 is 1.38 bits per heavy atom. The van der Waals surface area contributed by atoms with Gasteiger partial charge in [0.25, 0.3) is 11.1 Å². The van der Waals surface area contributed by atoms with Crippen molar-refractivity contribution >= 4 is 24.0 Å². The maximum Gasteiger partial charge on any atom is 0.321 e. The van der Waals surface area contributed by atoms with Gasteiger partial charge in [-0.15, -0.1) is 0 Å². The number of nitrogens with zero attached hydrogens (tertiary/aromatic N) is 2. The summed E-state index contributed by atoms with van der Waals surface area (Å²) in [4.78, 5) is 60.1. The molecule has 12 heteroatoms. The maximum absolute atomic E-state index is 12.2. The number of hydrogen-bond donors (Lipinski definition) is 6. The van der Waals surface area contributed by atoms with Gasteiger partial charge in [0.2, 0.25) is 11.9 Å². The molecule has 0 fully saturated rings. The summed E-state index contributed by atoms with van der Waals surface area (Å²) in [5.41, 5.74) is 0.165. The lowest BCUT2D eigenvalue weighted by Gasteiger charge is -2.25. The number of H-pyrrole nitrogens is 2. The minimum absolute atomic E-state index is 0.0212. The van der Waals surface area contributed by atoms with Gasteiger partial charge in [0, 0.05) is 29.6 Å². The molecule has 2 atom stereocenters. The molecule has 0 aliphatic heterocycles. The summed E-state index contributed by atoms with van der Waals surface area (Å²) in [6.45, 7) is 6.82. The Morgan fingerprint density at radius 3 is 1.79 bits per heavy atom. The first-order valence-corrected chi connectivity index (χ1v) is 8.97. The fourth-order valence-electron chi connectivity index (χ4n) is 2.62. The van der Waals surface area contributed by atoms with Gasteiger partial charge in [-0.3, -0.25) is 30.2 Å². The summed E-state index contributed by atoms with van der Waals surface area (Å²) in [5, 5.41) is 10.3. The van der Waals surface area contributed by atoms with Gasteiger partial charge in [0.05, 0.1) is 6.04 Å². The highest BCUT2D eigenvalue weighted by molar-refractivity contribution is 5.88. The molecular formula is C17H24N8O4. The minimum Gasteiger partial charge on any atom is -0.333 e. The smallest absolute Gasteiger partial charge is 0.321 e. The molecule has 2 aromatic rings. The van der Waals surface area contributed by atoms with Crippen LogP contribution in [0.5, 0.6) is 0 Å². The van der Waals surface area contributed by atoms with E-state index in [2.05, 4.69) is 41.2 Å². The van der Waals surface area contributed by atoms with Crippen molar-refractivity contribution in [3.8, 4) is 0 Å². The second-order valence-corrected chi connectivity index (χ2v) is 6.47. The maximum atomic E-state index is 12.2. The van der Waals surface area contributed by atoms with Crippen LogP contribution in [0.15, 0.2) is 21.7 Å². The predicted molar refractivity (Wildman–Crippen MR) is 107 cm³/mol. The summed E-state index contributed by atoms with van der Waals surface area (Å²) >= 11 is 0. The Kier molecular flexibility index (Phi) is 7.06. The van der Waals surface area contributed by atoms with Crippen LogP contribution in [-0.4, -0.2) is 44.1 Å². The first-order chi connectivity index (χ1) is 13.7. The Labute approximate surface area is 165 Å². The zero-order chi connectivity index (χ0) is 21.6. The number of rotatable bonds is 6. The van der Waals surface area contributed by atoms with Crippen molar-refractivity contribution in [2.75, 3.05) is 10.6 Å².